The highest BCUT2D eigenvalue weighted by atomic mass is 16.3. The van der Waals surface area contributed by atoms with Gasteiger partial charge in [0.15, 0.2) is 0 Å². The van der Waals surface area contributed by atoms with Crippen LogP contribution in [0.2, 0.25) is 0 Å². The molecule has 1 unspecified atom stereocenters. The summed E-state index contributed by atoms with van der Waals surface area (Å²) in [5.74, 6) is 0. The highest BCUT2D eigenvalue weighted by molar-refractivity contribution is 4.79. The van der Waals surface area contributed by atoms with Gasteiger partial charge in [0.2, 0.25) is 0 Å². The first-order chi connectivity index (χ1) is 5.48. The van der Waals surface area contributed by atoms with Crippen molar-refractivity contribution in [1.82, 2.24) is 0 Å². The summed E-state index contributed by atoms with van der Waals surface area (Å²) < 4.78 is 0. The van der Waals surface area contributed by atoms with Gasteiger partial charge in [0.05, 0.1) is 5.60 Å². The zero-order chi connectivity index (χ0) is 9.61. The molecule has 0 aromatic heterocycles. The molecule has 0 aliphatic heterocycles. The minimum Gasteiger partial charge on any atom is -0.389 e. The van der Waals surface area contributed by atoms with Gasteiger partial charge in [0.25, 0.3) is 0 Å². The molecule has 1 atom stereocenters. The summed E-state index contributed by atoms with van der Waals surface area (Å²) in [5, 5.41) is 9.52. The Balaban J connectivity index is 3.38. The molecule has 0 heterocycles. The zero-order valence-corrected chi connectivity index (χ0v) is 8.64. The van der Waals surface area contributed by atoms with E-state index < -0.39 is 5.60 Å². The lowest BCUT2D eigenvalue weighted by molar-refractivity contribution is 0.0482. The Morgan fingerprint density at radius 1 is 1.25 bits per heavy atom. The van der Waals surface area contributed by atoms with Crippen molar-refractivity contribution < 1.29 is 5.11 Å². The van der Waals surface area contributed by atoms with E-state index in [2.05, 4.69) is 6.92 Å². The van der Waals surface area contributed by atoms with Crippen molar-refractivity contribution in [3.8, 4) is 0 Å². The van der Waals surface area contributed by atoms with Crippen LogP contribution in [0.5, 0.6) is 0 Å². The molecule has 2 nitrogen and oxygen atoms in total. The second-order valence-corrected chi connectivity index (χ2v) is 4.11. The van der Waals surface area contributed by atoms with Crippen LogP contribution in [0.25, 0.3) is 0 Å². The molecule has 0 spiro atoms. The molecule has 0 aliphatic carbocycles. The maximum absolute atomic E-state index is 9.52. The summed E-state index contributed by atoms with van der Waals surface area (Å²) in [6.45, 7) is 5.74. The first-order valence-corrected chi connectivity index (χ1v) is 4.96. The minimum absolute atomic E-state index is 0.0747. The Bertz CT molecular complexity index is 107. The molecule has 0 bridgehead atoms. The number of aliphatic hydroxyl groups is 1. The van der Waals surface area contributed by atoms with Gasteiger partial charge in [-0.05, 0) is 20.3 Å². The molecule has 0 rings (SSSR count). The number of rotatable bonds is 6. The molecule has 0 amide bonds. The van der Waals surface area contributed by atoms with E-state index in [1.54, 1.807) is 13.8 Å². The fraction of sp³-hybridized carbons (Fsp3) is 1.00. The van der Waals surface area contributed by atoms with Crippen molar-refractivity contribution in [3.05, 3.63) is 0 Å². The largest absolute Gasteiger partial charge is 0.389 e. The van der Waals surface area contributed by atoms with Crippen LogP contribution in [-0.4, -0.2) is 16.7 Å². The minimum atomic E-state index is -0.716. The van der Waals surface area contributed by atoms with Crippen molar-refractivity contribution in [1.29, 1.82) is 0 Å². The van der Waals surface area contributed by atoms with E-state index in [4.69, 9.17) is 5.73 Å². The maximum atomic E-state index is 9.52. The molecular formula is C10H23NO. The van der Waals surface area contributed by atoms with Gasteiger partial charge in [-0.25, -0.2) is 0 Å². The number of unbranched alkanes of at least 4 members (excludes halogenated alkanes) is 3. The SMILES string of the molecule is CCCCCCC(N)C(C)(C)O. The van der Waals surface area contributed by atoms with E-state index >= 15 is 0 Å². The van der Waals surface area contributed by atoms with E-state index in [0.717, 1.165) is 12.8 Å². The van der Waals surface area contributed by atoms with E-state index in [1.165, 1.54) is 19.3 Å². The van der Waals surface area contributed by atoms with Gasteiger partial charge in [0, 0.05) is 6.04 Å². The predicted molar refractivity (Wildman–Crippen MR) is 53.0 cm³/mol. The van der Waals surface area contributed by atoms with Crippen LogP contribution in [0.1, 0.15) is 52.9 Å². The van der Waals surface area contributed by atoms with Crippen LogP contribution in [0.4, 0.5) is 0 Å². The molecule has 2 heteroatoms. The number of nitrogens with two attached hydrogens (primary N) is 1. The topological polar surface area (TPSA) is 46.2 Å². The molecule has 0 radical (unpaired) electrons. The normalized spacial score (nSPS) is 14.8. The molecule has 0 aromatic rings. The molecule has 12 heavy (non-hydrogen) atoms. The molecule has 0 aromatic carbocycles. The fourth-order valence-electron chi connectivity index (χ4n) is 1.14. The Hall–Kier alpha value is -0.0800. The van der Waals surface area contributed by atoms with E-state index in [1.807, 2.05) is 0 Å². The summed E-state index contributed by atoms with van der Waals surface area (Å²) in [6.07, 6.45) is 5.83. The maximum Gasteiger partial charge on any atom is 0.0741 e. The summed E-state index contributed by atoms with van der Waals surface area (Å²) >= 11 is 0. The van der Waals surface area contributed by atoms with Gasteiger partial charge in [0.1, 0.15) is 0 Å². The van der Waals surface area contributed by atoms with Crippen LogP contribution in [0.3, 0.4) is 0 Å². The highest BCUT2D eigenvalue weighted by Gasteiger charge is 2.21. The number of hydrogen-bond acceptors (Lipinski definition) is 2. The average Bonchev–Trinajstić information content (AvgIpc) is 1.96. The van der Waals surface area contributed by atoms with Gasteiger partial charge in [-0.3, -0.25) is 0 Å². The second-order valence-electron chi connectivity index (χ2n) is 4.11. The fourth-order valence-corrected chi connectivity index (χ4v) is 1.14. The lowest BCUT2D eigenvalue weighted by Crippen LogP contribution is -2.42. The summed E-state index contributed by atoms with van der Waals surface area (Å²) in [4.78, 5) is 0. The van der Waals surface area contributed by atoms with Crippen molar-refractivity contribution in [3.63, 3.8) is 0 Å². The summed E-state index contributed by atoms with van der Waals surface area (Å²) in [5.41, 5.74) is 5.07. The van der Waals surface area contributed by atoms with Crippen molar-refractivity contribution in [2.75, 3.05) is 0 Å². The van der Waals surface area contributed by atoms with Gasteiger partial charge in [-0.2, -0.15) is 0 Å². The molecule has 0 fully saturated rings. The molecule has 74 valence electrons. The van der Waals surface area contributed by atoms with Crippen molar-refractivity contribution >= 4 is 0 Å². The van der Waals surface area contributed by atoms with E-state index in [0.29, 0.717) is 0 Å². The van der Waals surface area contributed by atoms with E-state index in [-0.39, 0.29) is 6.04 Å². The lowest BCUT2D eigenvalue weighted by atomic mass is 9.94. The Morgan fingerprint density at radius 2 is 1.83 bits per heavy atom. The molecule has 0 saturated carbocycles. The zero-order valence-electron chi connectivity index (χ0n) is 8.64. The highest BCUT2D eigenvalue weighted by Crippen LogP contribution is 2.13. The Kier molecular flexibility index (Phi) is 5.51. The summed E-state index contributed by atoms with van der Waals surface area (Å²) in [7, 11) is 0. The van der Waals surface area contributed by atoms with Crippen LogP contribution < -0.4 is 5.73 Å². The predicted octanol–water partition coefficient (Wildman–Crippen LogP) is 2.06. The van der Waals surface area contributed by atoms with E-state index in [9.17, 15) is 5.11 Å². The van der Waals surface area contributed by atoms with Crippen LogP contribution in [0.15, 0.2) is 0 Å². The molecule has 0 saturated heterocycles. The first kappa shape index (κ1) is 11.9. The first-order valence-electron chi connectivity index (χ1n) is 4.96. The van der Waals surface area contributed by atoms with Crippen molar-refractivity contribution in [2.24, 2.45) is 5.73 Å². The molecular weight excluding hydrogens is 150 g/mol. The lowest BCUT2D eigenvalue weighted by Gasteiger charge is -2.25. The third-order valence-corrected chi connectivity index (χ3v) is 2.28. The molecule has 0 aliphatic rings. The molecule has 3 N–H and O–H groups in total. The Morgan fingerprint density at radius 3 is 2.25 bits per heavy atom. The number of hydrogen-bond donors (Lipinski definition) is 2. The second kappa shape index (κ2) is 5.55. The third kappa shape index (κ3) is 5.56. The van der Waals surface area contributed by atoms with Gasteiger partial charge >= 0.3 is 0 Å². The van der Waals surface area contributed by atoms with Crippen LogP contribution in [-0.2, 0) is 0 Å². The van der Waals surface area contributed by atoms with Gasteiger partial charge in [-0.1, -0.05) is 32.6 Å². The van der Waals surface area contributed by atoms with Gasteiger partial charge in [-0.15, -0.1) is 0 Å². The van der Waals surface area contributed by atoms with Crippen molar-refractivity contribution in [2.45, 2.75) is 64.5 Å². The quantitative estimate of drug-likeness (QED) is 0.604. The van der Waals surface area contributed by atoms with Crippen LogP contribution >= 0.6 is 0 Å². The smallest absolute Gasteiger partial charge is 0.0741 e. The third-order valence-electron chi connectivity index (χ3n) is 2.28. The van der Waals surface area contributed by atoms with Gasteiger partial charge < -0.3 is 10.8 Å². The monoisotopic (exact) mass is 173 g/mol. The standard InChI is InChI=1S/C10H23NO/c1-4-5-6-7-8-9(11)10(2,3)12/h9,12H,4-8,11H2,1-3H3. The Labute approximate surface area is 76.2 Å². The summed E-state index contributed by atoms with van der Waals surface area (Å²) in [6, 6.07) is -0.0747. The average molecular weight is 173 g/mol. The van der Waals surface area contributed by atoms with Crippen LogP contribution in [0, 0.1) is 0 Å².